The van der Waals surface area contributed by atoms with E-state index >= 15 is 0 Å². The second-order valence-electron chi connectivity index (χ2n) is 9.99. The smallest absolute Gasteiger partial charge is 0.420 e. The molecule has 1 nitrogen and oxygen atoms in total. The highest BCUT2D eigenvalue weighted by molar-refractivity contribution is 5.50. The maximum absolute atomic E-state index is 13.9. The summed E-state index contributed by atoms with van der Waals surface area (Å²) in [5, 5.41) is 0. The molecule has 0 radical (unpaired) electrons. The fourth-order valence-electron chi connectivity index (χ4n) is 6.23. The lowest BCUT2D eigenvalue weighted by molar-refractivity contribution is -0.163. The Bertz CT molecular complexity index is 753. The Morgan fingerprint density at radius 1 is 0.758 bits per heavy atom. The zero-order chi connectivity index (χ0) is 24.2. The Morgan fingerprint density at radius 3 is 1.79 bits per heavy atom. The number of alkyl halides is 6. The maximum atomic E-state index is 13.9. The standard InChI is InChI=1S/C26H36F6O/c1-3-4-5-6-17-7-9-18(10-8-17)19-11-13-20(14-12-19)21-15-16-22(33-2)24(26(30,31)32)23(21)25(27,28)29/h15-20H,3-14H2,1-2H3. The van der Waals surface area contributed by atoms with Gasteiger partial charge in [-0.2, -0.15) is 26.3 Å². The number of ether oxygens (including phenoxy) is 1. The van der Waals surface area contributed by atoms with E-state index in [9.17, 15) is 26.3 Å². The summed E-state index contributed by atoms with van der Waals surface area (Å²) in [6.45, 7) is 2.21. The molecule has 0 aliphatic heterocycles. The van der Waals surface area contributed by atoms with Crippen LogP contribution in [0, 0.1) is 17.8 Å². The van der Waals surface area contributed by atoms with Gasteiger partial charge in [0.15, 0.2) is 0 Å². The molecule has 0 N–H and O–H groups in total. The SMILES string of the molecule is CCCCCC1CCC(C2CCC(c3ccc(OC)c(C(F)(F)F)c3C(F)(F)F)CC2)CC1. The van der Waals surface area contributed by atoms with Crippen LogP contribution >= 0.6 is 0 Å². The first-order valence-corrected chi connectivity index (χ1v) is 12.4. The van der Waals surface area contributed by atoms with Crippen molar-refractivity contribution in [2.45, 2.75) is 102 Å². The van der Waals surface area contributed by atoms with Gasteiger partial charge < -0.3 is 4.74 Å². The highest BCUT2D eigenvalue weighted by atomic mass is 19.4. The summed E-state index contributed by atoms with van der Waals surface area (Å²) in [4.78, 5) is 0. The molecule has 2 aliphatic rings. The number of unbranched alkanes of at least 4 members (excludes halogenated alkanes) is 2. The highest BCUT2D eigenvalue weighted by Gasteiger charge is 2.48. The van der Waals surface area contributed by atoms with Gasteiger partial charge in [-0.05, 0) is 73.8 Å². The van der Waals surface area contributed by atoms with Crippen molar-refractivity contribution in [3.63, 3.8) is 0 Å². The highest BCUT2D eigenvalue weighted by Crippen LogP contribution is 2.51. The van der Waals surface area contributed by atoms with E-state index in [-0.39, 0.29) is 5.56 Å². The number of rotatable bonds is 7. The molecule has 0 amide bonds. The second-order valence-corrected chi connectivity index (χ2v) is 9.99. The van der Waals surface area contributed by atoms with Gasteiger partial charge in [0.1, 0.15) is 11.3 Å². The number of hydrogen-bond acceptors (Lipinski definition) is 1. The molecule has 0 spiro atoms. The molecule has 2 aliphatic carbocycles. The van der Waals surface area contributed by atoms with Crippen LogP contribution in [0.25, 0.3) is 0 Å². The van der Waals surface area contributed by atoms with Crippen molar-refractivity contribution in [1.82, 2.24) is 0 Å². The van der Waals surface area contributed by atoms with Crippen molar-refractivity contribution in [3.05, 3.63) is 28.8 Å². The summed E-state index contributed by atoms with van der Waals surface area (Å²) >= 11 is 0. The van der Waals surface area contributed by atoms with E-state index in [0.29, 0.717) is 24.7 Å². The van der Waals surface area contributed by atoms with Crippen LogP contribution in [0.15, 0.2) is 12.1 Å². The first-order chi connectivity index (χ1) is 15.6. The van der Waals surface area contributed by atoms with Gasteiger partial charge in [-0.15, -0.1) is 0 Å². The van der Waals surface area contributed by atoms with Crippen LogP contribution < -0.4 is 4.74 Å². The average Bonchev–Trinajstić information content (AvgIpc) is 2.77. The van der Waals surface area contributed by atoms with E-state index < -0.39 is 35.1 Å². The van der Waals surface area contributed by atoms with Gasteiger partial charge in [0, 0.05) is 0 Å². The Hall–Kier alpha value is -1.40. The van der Waals surface area contributed by atoms with E-state index in [1.54, 1.807) is 0 Å². The van der Waals surface area contributed by atoms with Crippen molar-refractivity contribution < 1.29 is 31.1 Å². The van der Waals surface area contributed by atoms with E-state index in [2.05, 4.69) is 11.7 Å². The van der Waals surface area contributed by atoms with Crippen LogP contribution in [-0.4, -0.2) is 7.11 Å². The van der Waals surface area contributed by atoms with E-state index in [4.69, 9.17) is 0 Å². The second kappa shape index (κ2) is 10.9. The molecule has 1 aromatic carbocycles. The summed E-state index contributed by atoms with van der Waals surface area (Å²) in [5.74, 6) is 0.612. The van der Waals surface area contributed by atoms with Gasteiger partial charge >= 0.3 is 12.4 Å². The van der Waals surface area contributed by atoms with Gasteiger partial charge in [0.2, 0.25) is 0 Å². The first kappa shape index (κ1) is 26.2. The molecule has 0 heterocycles. The molecular formula is C26H36F6O. The molecule has 2 saturated carbocycles. The summed E-state index contributed by atoms with van der Waals surface area (Å²) < 4.78 is 87.2. The van der Waals surface area contributed by atoms with Gasteiger partial charge in [0.05, 0.1) is 12.7 Å². The van der Waals surface area contributed by atoms with E-state index in [0.717, 1.165) is 31.9 Å². The van der Waals surface area contributed by atoms with Gasteiger partial charge in [-0.25, -0.2) is 0 Å². The Balaban J connectivity index is 1.69. The summed E-state index contributed by atoms with van der Waals surface area (Å²) in [6, 6.07) is 2.24. The molecule has 0 saturated heterocycles. The van der Waals surface area contributed by atoms with Gasteiger partial charge in [-0.1, -0.05) is 51.5 Å². The molecule has 0 atom stereocenters. The van der Waals surface area contributed by atoms with Crippen LogP contribution in [0.4, 0.5) is 26.3 Å². The molecule has 188 valence electrons. The molecule has 1 aromatic rings. The van der Waals surface area contributed by atoms with Crippen LogP contribution in [0.1, 0.15) is 107 Å². The lowest BCUT2D eigenvalue weighted by Crippen LogP contribution is -2.27. The monoisotopic (exact) mass is 478 g/mol. The predicted octanol–water partition coefficient (Wildman–Crippen LogP) is 9.39. The summed E-state index contributed by atoms with van der Waals surface area (Å²) in [6.07, 6.45) is 2.30. The minimum absolute atomic E-state index is 0.228. The normalized spacial score (nSPS) is 26.9. The van der Waals surface area contributed by atoms with Crippen molar-refractivity contribution in [2.75, 3.05) is 7.11 Å². The minimum atomic E-state index is -5.14. The van der Waals surface area contributed by atoms with Crippen LogP contribution in [-0.2, 0) is 12.4 Å². The topological polar surface area (TPSA) is 9.23 Å². The number of methoxy groups -OCH3 is 1. The number of halogens is 6. The molecule has 7 heteroatoms. The van der Waals surface area contributed by atoms with Crippen LogP contribution in [0.5, 0.6) is 5.75 Å². The van der Waals surface area contributed by atoms with E-state index in [1.165, 1.54) is 57.4 Å². The van der Waals surface area contributed by atoms with Crippen molar-refractivity contribution in [2.24, 2.45) is 17.8 Å². The fraction of sp³-hybridized carbons (Fsp3) is 0.769. The van der Waals surface area contributed by atoms with Crippen molar-refractivity contribution in [1.29, 1.82) is 0 Å². The predicted molar refractivity (Wildman–Crippen MR) is 117 cm³/mol. The average molecular weight is 479 g/mol. The van der Waals surface area contributed by atoms with Crippen LogP contribution in [0.3, 0.4) is 0 Å². The Labute approximate surface area is 193 Å². The quantitative estimate of drug-likeness (QED) is 0.280. The zero-order valence-electron chi connectivity index (χ0n) is 19.6. The maximum Gasteiger partial charge on any atom is 0.420 e. The molecule has 0 aromatic heterocycles. The molecular weight excluding hydrogens is 442 g/mol. The molecule has 2 fully saturated rings. The lowest BCUT2D eigenvalue weighted by atomic mass is 9.67. The minimum Gasteiger partial charge on any atom is -0.496 e. The number of benzene rings is 1. The van der Waals surface area contributed by atoms with Crippen molar-refractivity contribution in [3.8, 4) is 5.75 Å². The summed E-state index contributed by atoms with van der Waals surface area (Å²) in [5.41, 5.74) is -3.49. The molecule has 0 unspecified atom stereocenters. The van der Waals surface area contributed by atoms with Gasteiger partial charge in [-0.3, -0.25) is 0 Å². The fourth-order valence-corrected chi connectivity index (χ4v) is 6.23. The third-order valence-electron chi connectivity index (χ3n) is 7.97. The summed E-state index contributed by atoms with van der Waals surface area (Å²) in [7, 11) is 0.966. The largest absolute Gasteiger partial charge is 0.496 e. The zero-order valence-corrected chi connectivity index (χ0v) is 19.6. The first-order valence-electron chi connectivity index (χ1n) is 12.4. The molecule has 0 bridgehead atoms. The van der Waals surface area contributed by atoms with Gasteiger partial charge in [0.25, 0.3) is 0 Å². The Kier molecular flexibility index (Phi) is 8.66. The molecule has 33 heavy (non-hydrogen) atoms. The third kappa shape index (κ3) is 6.39. The van der Waals surface area contributed by atoms with E-state index in [1.807, 2.05) is 0 Å². The Morgan fingerprint density at radius 2 is 1.30 bits per heavy atom. The number of hydrogen-bond donors (Lipinski definition) is 0. The third-order valence-corrected chi connectivity index (χ3v) is 7.97. The van der Waals surface area contributed by atoms with Crippen LogP contribution in [0.2, 0.25) is 0 Å². The van der Waals surface area contributed by atoms with Crippen molar-refractivity contribution >= 4 is 0 Å². The lowest BCUT2D eigenvalue weighted by Gasteiger charge is -2.38. The molecule has 3 rings (SSSR count).